The van der Waals surface area contributed by atoms with Gasteiger partial charge in [-0.3, -0.25) is 0 Å². The molecule has 0 aliphatic carbocycles. The fourth-order valence-corrected chi connectivity index (χ4v) is 1.83. The number of benzene rings is 1. The van der Waals surface area contributed by atoms with Crippen LogP contribution in [0.1, 0.15) is 17.8 Å². The fourth-order valence-electron chi connectivity index (χ4n) is 1.83. The van der Waals surface area contributed by atoms with E-state index in [1.807, 2.05) is 19.3 Å². The third kappa shape index (κ3) is 3.37. The van der Waals surface area contributed by atoms with Gasteiger partial charge in [0.2, 0.25) is 0 Å². The van der Waals surface area contributed by atoms with Crippen molar-refractivity contribution in [3.8, 4) is 11.3 Å². The van der Waals surface area contributed by atoms with Crippen molar-refractivity contribution < 1.29 is 0 Å². The summed E-state index contributed by atoms with van der Waals surface area (Å²) in [5.74, 6) is 0.920. The summed E-state index contributed by atoms with van der Waals surface area (Å²) in [6, 6.07) is 10.4. The monoisotopic (exact) mass is 241 g/mol. The Balaban J connectivity index is 2.13. The first-order chi connectivity index (χ1) is 8.79. The molecule has 0 bridgehead atoms. The Morgan fingerprint density at radius 3 is 2.61 bits per heavy atom. The minimum absolute atomic E-state index is 0.917. The first-order valence-electron chi connectivity index (χ1n) is 6.33. The van der Waals surface area contributed by atoms with Gasteiger partial charge < -0.3 is 5.32 Å². The van der Waals surface area contributed by atoms with Crippen molar-refractivity contribution >= 4 is 0 Å². The van der Waals surface area contributed by atoms with Crippen LogP contribution in [-0.4, -0.2) is 23.6 Å². The molecule has 3 heteroatoms. The number of hydrogen-bond donors (Lipinski definition) is 1. The van der Waals surface area contributed by atoms with Crippen molar-refractivity contribution in [2.45, 2.75) is 19.8 Å². The number of nitrogens with one attached hydrogen (secondary N) is 1. The van der Waals surface area contributed by atoms with E-state index in [1.54, 1.807) is 0 Å². The molecule has 0 fully saturated rings. The predicted octanol–water partition coefficient (Wildman–Crippen LogP) is 2.60. The first kappa shape index (κ1) is 12.7. The summed E-state index contributed by atoms with van der Waals surface area (Å²) < 4.78 is 0. The summed E-state index contributed by atoms with van der Waals surface area (Å²) >= 11 is 0. The zero-order valence-corrected chi connectivity index (χ0v) is 11.0. The average molecular weight is 241 g/mol. The largest absolute Gasteiger partial charge is 0.320 e. The molecule has 1 aromatic heterocycles. The molecular formula is C15H19N3. The minimum atomic E-state index is 0.917. The Morgan fingerprint density at radius 2 is 1.89 bits per heavy atom. The molecular weight excluding hydrogens is 222 g/mol. The Kier molecular flexibility index (Phi) is 4.42. The average Bonchev–Trinajstić information content (AvgIpc) is 2.40. The molecule has 2 aromatic rings. The molecule has 0 unspecified atom stereocenters. The van der Waals surface area contributed by atoms with Gasteiger partial charge >= 0.3 is 0 Å². The Bertz CT molecular complexity index is 491. The van der Waals surface area contributed by atoms with E-state index in [4.69, 9.17) is 0 Å². The second kappa shape index (κ2) is 6.26. The SMILES string of the molecule is CNCCCc1nccc(-c2ccc(C)cc2)n1. The smallest absolute Gasteiger partial charge is 0.128 e. The van der Waals surface area contributed by atoms with Crippen molar-refractivity contribution in [2.75, 3.05) is 13.6 Å². The van der Waals surface area contributed by atoms with Gasteiger partial charge in [-0.25, -0.2) is 9.97 Å². The van der Waals surface area contributed by atoms with Gasteiger partial charge in [0.25, 0.3) is 0 Å². The highest BCUT2D eigenvalue weighted by atomic mass is 14.9. The van der Waals surface area contributed by atoms with Crippen LogP contribution in [0.4, 0.5) is 0 Å². The molecule has 0 saturated carbocycles. The molecule has 0 saturated heterocycles. The molecule has 0 radical (unpaired) electrons. The van der Waals surface area contributed by atoms with Gasteiger partial charge in [-0.1, -0.05) is 29.8 Å². The zero-order valence-electron chi connectivity index (χ0n) is 11.0. The summed E-state index contributed by atoms with van der Waals surface area (Å²) in [5.41, 5.74) is 3.42. The normalized spacial score (nSPS) is 10.6. The molecule has 1 N–H and O–H groups in total. The van der Waals surface area contributed by atoms with Crippen LogP contribution in [-0.2, 0) is 6.42 Å². The van der Waals surface area contributed by atoms with Crippen molar-refractivity contribution in [2.24, 2.45) is 0 Å². The summed E-state index contributed by atoms with van der Waals surface area (Å²) in [4.78, 5) is 8.92. The summed E-state index contributed by atoms with van der Waals surface area (Å²) in [6.45, 7) is 3.09. The van der Waals surface area contributed by atoms with Crippen LogP contribution in [0.15, 0.2) is 36.5 Å². The number of aromatic nitrogens is 2. The van der Waals surface area contributed by atoms with Gasteiger partial charge in [-0.15, -0.1) is 0 Å². The molecule has 0 atom stereocenters. The number of rotatable bonds is 5. The number of nitrogens with zero attached hydrogens (tertiary/aromatic N) is 2. The molecule has 1 aromatic carbocycles. The second-order valence-corrected chi connectivity index (χ2v) is 4.43. The summed E-state index contributed by atoms with van der Waals surface area (Å²) in [6.07, 6.45) is 3.82. The maximum Gasteiger partial charge on any atom is 0.128 e. The van der Waals surface area contributed by atoms with Crippen LogP contribution in [0.25, 0.3) is 11.3 Å². The highest BCUT2D eigenvalue weighted by Gasteiger charge is 2.02. The molecule has 2 rings (SSSR count). The van der Waals surface area contributed by atoms with E-state index in [0.717, 1.165) is 36.5 Å². The first-order valence-corrected chi connectivity index (χ1v) is 6.33. The Labute approximate surface area is 108 Å². The molecule has 1 heterocycles. The van der Waals surface area contributed by atoms with Crippen molar-refractivity contribution in [3.05, 3.63) is 47.9 Å². The van der Waals surface area contributed by atoms with Crippen LogP contribution in [0.5, 0.6) is 0 Å². The van der Waals surface area contributed by atoms with Crippen molar-refractivity contribution in [1.82, 2.24) is 15.3 Å². The van der Waals surface area contributed by atoms with Crippen LogP contribution in [0, 0.1) is 6.92 Å². The van der Waals surface area contributed by atoms with E-state index in [9.17, 15) is 0 Å². The standard InChI is InChI=1S/C15H19N3/c1-12-5-7-13(8-6-12)14-9-11-17-15(18-14)4-3-10-16-2/h5-9,11,16H,3-4,10H2,1-2H3. The predicted molar refractivity (Wildman–Crippen MR) is 74.5 cm³/mol. The lowest BCUT2D eigenvalue weighted by atomic mass is 10.1. The lowest BCUT2D eigenvalue weighted by Crippen LogP contribution is -2.09. The van der Waals surface area contributed by atoms with Crippen LogP contribution < -0.4 is 5.32 Å². The maximum atomic E-state index is 4.61. The summed E-state index contributed by atoms with van der Waals surface area (Å²) in [7, 11) is 1.96. The third-order valence-corrected chi connectivity index (χ3v) is 2.88. The molecule has 0 aliphatic rings. The second-order valence-electron chi connectivity index (χ2n) is 4.43. The van der Waals surface area contributed by atoms with Crippen LogP contribution in [0.3, 0.4) is 0 Å². The van der Waals surface area contributed by atoms with Gasteiger partial charge in [0.1, 0.15) is 5.82 Å². The lowest BCUT2D eigenvalue weighted by Gasteiger charge is -2.04. The molecule has 0 amide bonds. The molecule has 3 nitrogen and oxygen atoms in total. The highest BCUT2D eigenvalue weighted by molar-refractivity contribution is 5.58. The van der Waals surface area contributed by atoms with Crippen LogP contribution >= 0.6 is 0 Å². The topological polar surface area (TPSA) is 37.8 Å². The zero-order chi connectivity index (χ0) is 12.8. The van der Waals surface area contributed by atoms with E-state index in [2.05, 4.69) is 46.5 Å². The van der Waals surface area contributed by atoms with Gasteiger partial charge in [0.05, 0.1) is 5.69 Å². The lowest BCUT2D eigenvalue weighted by molar-refractivity contribution is 0.703. The van der Waals surface area contributed by atoms with E-state index >= 15 is 0 Å². The maximum absolute atomic E-state index is 4.61. The third-order valence-electron chi connectivity index (χ3n) is 2.88. The summed E-state index contributed by atoms with van der Waals surface area (Å²) in [5, 5.41) is 3.13. The number of aryl methyl sites for hydroxylation is 2. The fraction of sp³-hybridized carbons (Fsp3) is 0.333. The van der Waals surface area contributed by atoms with Gasteiger partial charge in [-0.2, -0.15) is 0 Å². The Morgan fingerprint density at radius 1 is 1.11 bits per heavy atom. The van der Waals surface area contributed by atoms with Crippen molar-refractivity contribution in [1.29, 1.82) is 0 Å². The molecule has 18 heavy (non-hydrogen) atoms. The van der Waals surface area contributed by atoms with E-state index in [-0.39, 0.29) is 0 Å². The van der Waals surface area contributed by atoms with E-state index < -0.39 is 0 Å². The quantitative estimate of drug-likeness (QED) is 0.818. The van der Waals surface area contributed by atoms with E-state index in [1.165, 1.54) is 5.56 Å². The minimum Gasteiger partial charge on any atom is -0.320 e. The Hall–Kier alpha value is -1.74. The highest BCUT2D eigenvalue weighted by Crippen LogP contribution is 2.17. The van der Waals surface area contributed by atoms with Gasteiger partial charge in [0.15, 0.2) is 0 Å². The van der Waals surface area contributed by atoms with E-state index in [0.29, 0.717) is 0 Å². The molecule has 0 spiro atoms. The van der Waals surface area contributed by atoms with Crippen LogP contribution in [0.2, 0.25) is 0 Å². The van der Waals surface area contributed by atoms with Crippen molar-refractivity contribution in [3.63, 3.8) is 0 Å². The van der Waals surface area contributed by atoms with Gasteiger partial charge in [0, 0.05) is 18.2 Å². The van der Waals surface area contributed by atoms with Gasteiger partial charge in [-0.05, 0) is 33.0 Å². The molecule has 0 aliphatic heterocycles. The molecule has 94 valence electrons. The number of hydrogen-bond acceptors (Lipinski definition) is 3.